The Hall–Kier alpha value is -1.22. The molecule has 0 aromatic heterocycles. The van der Waals surface area contributed by atoms with E-state index in [0.29, 0.717) is 12.6 Å². The summed E-state index contributed by atoms with van der Waals surface area (Å²) in [6.45, 7) is 13.2. The van der Waals surface area contributed by atoms with Gasteiger partial charge in [-0.1, -0.05) is 34.6 Å². The van der Waals surface area contributed by atoms with E-state index in [9.17, 15) is 0 Å². The van der Waals surface area contributed by atoms with Crippen LogP contribution < -0.4 is 14.8 Å². The van der Waals surface area contributed by atoms with E-state index in [1.807, 2.05) is 24.3 Å². The SMILES string of the molecule is CCCOc1ccc(OCC(C)(C)CNC(C)C)cc1. The van der Waals surface area contributed by atoms with Gasteiger partial charge in [-0.05, 0) is 30.7 Å². The van der Waals surface area contributed by atoms with Gasteiger partial charge in [-0.3, -0.25) is 0 Å². The Balaban J connectivity index is 2.40. The van der Waals surface area contributed by atoms with E-state index < -0.39 is 0 Å². The van der Waals surface area contributed by atoms with E-state index in [-0.39, 0.29) is 5.41 Å². The second-order valence-corrected chi connectivity index (χ2v) is 6.31. The molecule has 0 unspecified atom stereocenters. The van der Waals surface area contributed by atoms with Crippen molar-refractivity contribution in [2.75, 3.05) is 19.8 Å². The van der Waals surface area contributed by atoms with Crippen molar-refractivity contribution in [1.82, 2.24) is 5.32 Å². The molecular weight excluding hydrogens is 250 g/mol. The first-order valence-corrected chi connectivity index (χ1v) is 7.52. The van der Waals surface area contributed by atoms with Gasteiger partial charge in [0.25, 0.3) is 0 Å². The van der Waals surface area contributed by atoms with Crippen LogP contribution in [0.3, 0.4) is 0 Å². The lowest BCUT2D eigenvalue weighted by Crippen LogP contribution is -2.37. The Kier molecular flexibility index (Phi) is 6.86. The number of rotatable bonds is 9. The molecule has 1 aromatic carbocycles. The Morgan fingerprint density at radius 3 is 2.10 bits per heavy atom. The van der Waals surface area contributed by atoms with Crippen LogP contribution in [-0.4, -0.2) is 25.8 Å². The van der Waals surface area contributed by atoms with Crippen LogP contribution in [0.15, 0.2) is 24.3 Å². The average molecular weight is 279 g/mol. The fourth-order valence-corrected chi connectivity index (χ4v) is 1.66. The smallest absolute Gasteiger partial charge is 0.119 e. The summed E-state index contributed by atoms with van der Waals surface area (Å²) in [7, 11) is 0. The lowest BCUT2D eigenvalue weighted by molar-refractivity contribution is 0.173. The topological polar surface area (TPSA) is 30.5 Å². The van der Waals surface area contributed by atoms with Gasteiger partial charge in [0.2, 0.25) is 0 Å². The minimum absolute atomic E-state index is 0.113. The Labute approximate surface area is 123 Å². The average Bonchev–Trinajstić information content (AvgIpc) is 2.42. The first-order valence-electron chi connectivity index (χ1n) is 7.52. The predicted molar refractivity (Wildman–Crippen MR) is 84.6 cm³/mol. The van der Waals surface area contributed by atoms with Crippen molar-refractivity contribution in [3.63, 3.8) is 0 Å². The summed E-state index contributed by atoms with van der Waals surface area (Å²) in [6, 6.07) is 8.37. The van der Waals surface area contributed by atoms with Gasteiger partial charge in [0.1, 0.15) is 11.5 Å². The van der Waals surface area contributed by atoms with Crippen molar-refractivity contribution in [3.05, 3.63) is 24.3 Å². The Morgan fingerprint density at radius 1 is 1.05 bits per heavy atom. The summed E-state index contributed by atoms with van der Waals surface area (Å²) >= 11 is 0. The van der Waals surface area contributed by atoms with Crippen molar-refractivity contribution in [2.45, 2.75) is 47.1 Å². The van der Waals surface area contributed by atoms with Crippen molar-refractivity contribution >= 4 is 0 Å². The molecule has 1 rings (SSSR count). The highest BCUT2D eigenvalue weighted by Gasteiger charge is 2.19. The molecule has 0 saturated heterocycles. The number of benzene rings is 1. The van der Waals surface area contributed by atoms with Gasteiger partial charge in [-0.15, -0.1) is 0 Å². The van der Waals surface area contributed by atoms with Crippen molar-refractivity contribution in [3.8, 4) is 11.5 Å². The second-order valence-electron chi connectivity index (χ2n) is 6.31. The van der Waals surface area contributed by atoms with Crippen LogP contribution in [0.1, 0.15) is 41.0 Å². The summed E-state index contributed by atoms with van der Waals surface area (Å²) in [6.07, 6.45) is 1.02. The molecule has 3 nitrogen and oxygen atoms in total. The molecule has 0 heterocycles. The van der Waals surface area contributed by atoms with Crippen molar-refractivity contribution in [2.24, 2.45) is 5.41 Å². The van der Waals surface area contributed by atoms with Crippen molar-refractivity contribution in [1.29, 1.82) is 0 Å². The number of hydrogen-bond donors (Lipinski definition) is 1. The van der Waals surface area contributed by atoms with E-state index in [4.69, 9.17) is 9.47 Å². The fraction of sp³-hybridized carbons (Fsp3) is 0.647. The largest absolute Gasteiger partial charge is 0.494 e. The minimum Gasteiger partial charge on any atom is -0.494 e. The number of ether oxygens (including phenoxy) is 2. The molecule has 20 heavy (non-hydrogen) atoms. The number of hydrogen-bond acceptors (Lipinski definition) is 3. The van der Waals surface area contributed by atoms with E-state index in [1.54, 1.807) is 0 Å². The van der Waals surface area contributed by atoms with Gasteiger partial charge in [-0.25, -0.2) is 0 Å². The maximum atomic E-state index is 5.87. The molecule has 0 amide bonds. The van der Waals surface area contributed by atoms with Gasteiger partial charge in [0.15, 0.2) is 0 Å². The van der Waals surface area contributed by atoms with Gasteiger partial charge in [0, 0.05) is 18.0 Å². The van der Waals surface area contributed by atoms with Crippen molar-refractivity contribution < 1.29 is 9.47 Å². The third-order valence-corrected chi connectivity index (χ3v) is 2.92. The highest BCUT2D eigenvalue weighted by Crippen LogP contribution is 2.21. The zero-order chi connectivity index (χ0) is 15.0. The lowest BCUT2D eigenvalue weighted by atomic mass is 9.94. The van der Waals surface area contributed by atoms with E-state index in [0.717, 1.165) is 31.1 Å². The van der Waals surface area contributed by atoms with Gasteiger partial charge < -0.3 is 14.8 Å². The molecule has 114 valence electrons. The molecule has 1 aromatic rings. The maximum Gasteiger partial charge on any atom is 0.119 e. The van der Waals surface area contributed by atoms with Gasteiger partial charge in [0.05, 0.1) is 13.2 Å². The van der Waals surface area contributed by atoms with E-state index in [1.165, 1.54) is 0 Å². The highest BCUT2D eigenvalue weighted by molar-refractivity contribution is 5.31. The van der Waals surface area contributed by atoms with E-state index >= 15 is 0 Å². The fourth-order valence-electron chi connectivity index (χ4n) is 1.66. The molecule has 0 atom stereocenters. The minimum atomic E-state index is 0.113. The molecule has 0 spiro atoms. The van der Waals surface area contributed by atoms with Gasteiger partial charge in [-0.2, -0.15) is 0 Å². The molecule has 1 N–H and O–H groups in total. The molecule has 3 heteroatoms. The first kappa shape index (κ1) is 16.8. The molecule has 0 bridgehead atoms. The predicted octanol–water partition coefficient (Wildman–Crippen LogP) is 3.88. The van der Waals surface area contributed by atoms with Gasteiger partial charge >= 0.3 is 0 Å². The summed E-state index contributed by atoms with van der Waals surface area (Å²) in [5.41, 5.74) is 0.113. The van der Waals surface area contributed by atoms with Crippen LogP contribution in [0.2, 0.25) is 0 Å². The number of nitrogens with one attached hydrogen (secondary N) is 1. The van der Waals surface area contributed by atoms with Crippen LogP contribution in [0.25, 0.3) is 0 Å². The molecular formula is C17H29NO2. The Bertz CT molecular complexity index is 371. The van der Waals surface area contributed by atoms with E-state index in [2.05, 4.69) is 39.9 Å². The standard InChI is InChI=1S/C17H29NO2/c1-6-11-19-15-7-9-16(10-8-15)20-13-17(4,5)12-18-14(2)3/h7-10,14,18H,6,11-13H2,1-5H3. The zero-order valence-electron chi connectivity index (χ0n) is 13.5. The molecule has 0 radical (unpaired) electrons. The van der Waals surface area contributed by atoms with Crippen LogP contribution in [0.4, 0.5) is 0 Å². The highest BCUT2D eigenvalue weighted by atomic mass is 16.5. The second kappa shape index (κ2) is 8.15. The van der Waals surface area contributed by atoms with Crippen LogP contribution in [0.5, 0.6) is 11.5 Å². The molecule has 0 saturated carbocycles. The summed E-state index contributed by atoms with van der Waals surface area (Å²) in [4.78, 5) is 0. The maximum absolute atomic E-state index is 5.87. The summed E-state index contributed by atoms with van der Waals surface area (Å²) in [5, 5.41) is 3.45. The zero-order valence-corrected chi connectivity index (χ0v) is 13.5. The summed E-state index contributed by atoms with van der Waals surface area (Å²) < 4.78 is 11.4. The molecule has 0 fully saturated rings. The third-order valence-electron chi connectivity index (χ3n) is 2.92. The Morgan fingerprint density at radius 2 is 1.60 bits per heavy atom. The van der Waals surface area contributed by atoms with Crippen LogP contribution in [0, 0.1) is 5.41 Å². The molecule has 0 aliphatic heterocycles. The van der Waals surface area contributed by atoms with Crippen LogP contribution in [-0.2, 0) is 0 Å². The summed E-state index contributed by atoms with van der Waals surface area (Å²) in [5.74, 6) is 1.80. The molecule has 0 aliphatic carbocycles. The lowest BCUT2D eigenvalue weighted by Gasteiger charge is -2.26. The normalized spacial score (nSPS) is 11.7. The third kappa shape index (κ3) is 6.80. The quantitative estimate of drug-likeness (QED) is 0.744. The van der Waals surface area contributed by atoms with Crippen LogP contribution >= 0.6 is 0 Å². The first-order chi connectivity index (χ1) is 9.43. The molecule has 0 aliphatic rings. The monoisotopic (exact) mass is 279 g/mol.